The smallest absolute Gasteiger partial charge is 0.338 e. The second-order valence-corrected chi connectivity index (χ2v) is 6.12. The van der Waals surface area contributed by atoms with E-state index >= 15 is 0 Å². The van der Waals surface area contributed by atoms with E-state index < -0.39 is 11.9 Å². The van der Waals surface area contributed by atoms with Crippen molar-refractivity contribution in [3.63, 3.8) is 0 Å². The van der Waals surface area contributed by atoms with E-state index in [9.17, 15) is 9.59 Å². The first kappa shape index (κ1) is 21.1. The van der Waals surface area contributed by atoms with Gasteiger partial charge in [0.2, 0.25) is 0 Å². The van der Waals surface area contributed by atoms with Gasteiger partial charge in [-0.2, -0.15) is 0 Å². The number of carbonyl (C=O) groups is 2. The predicted molar refractivity (Wildman–Crippen MR) is 104 cm³/mol. The Morgan fingerprint density at radius 2 is 1.57 bits per heavy atom. The van der Waals surface area contributed by atoms with Gasteiger partial charge in [-0.3, -0.25) is 4.79 Å². The second-order valence-electron chi connectivity index (χ2n) is 6.12. The minimum atomic E-state index is -0.528. The monoisotopic (exact) mass is 387 g/mol. The highest BCUT2D eigenvalue weighted by atomic mass is 16.5. The standard InChI is InChI=1S/C21H25NO6/c1-13-7-6-8-16(14(13)2)21(24)28-12-20(23)22-11-15-9-18(26-4)19(27-5)10-17(15)25-3/h6-10H,11-12H2,1-5H3,(H,22,23). The summed E-state index contributed by atoms with van der Waals surface area (Å²) in [6.07, 6.45) is 0. The van der Waals surface area contributed by atoms with Crippen LogP contribution < -0.4 is 19.5 Å². The topological polar surface area (TPSA) is 83.1 Å². The van der Waals surface area contributed by atoms with E-state index in [0.29, 0.717) is 28.4 Å². The molecule has 150 valence electrons. The molecule has 0 aliphatic carbocycles. The number of hydrogen-bond donors (Lipinski definition) is 1. The summed E-state index contributed by atoms with van der Waals surface area (Å²) < 4.78 is 21.0. The molecule has 7 nitrogen and oxygen atoms in total. The average molecular weight is 387 g/mol. The van der Waals surface area contributed by atoms with E-state index in [4.69, 9.17) is 18.9 Å². The van der Waals surface area contributed by atoms with Crippen LogP contribution in [0, 0.1) is 13.8 Å². The van der Waals surface area contributed by atoms with Gasteiger partial charge in [-0.15, -0.1) is 0 Å². The Hall–Kier alpha value is -3.22. The highest BCUT2D eigenvalue weighted by molar-refractivity contribution is 5.93. The second kappa shape index (κ2) is 9.64. The van der Waals surface area contributed by atoms with Crippen LogP contribution in [0.2, 0.25) is 0 Å². The molecular weight excluding hydrogens is 362 g/mol. The van der Waals surface area contributed by atoms with Crippen molar-refractivity contribution < 1.29 is 28.5 Å². The molecule has 2 aromatic carbocycles. The van der Waals surface area contributed by atoms with E-state index in [1.165, 1.54) is 21.3 Å². The Kier molecular flexibility index (Phi) is 7.26. The van der Waals surface area contributed by atoms with Crippen LogP contribution in [0.15, 0.2) is 30.3 Å². The zero-order valence-electron chi connectivity index (χ0n) is 16.8. The van der Waals surface area contributed by atoms with Crippen molar-refractivity contribution in [3.8, 4) is 17.2 Å². The number of nitrogens with one attached hydrogen (secondary N) is 1. The van der Waals surface area contributed by atoms with E-state index in [1.54, 1.807) is 24.3 Å². The van der Waals surface area contributed by atoms with E-state index in [2.05, 4.69) is 5.32 Å². The van der Waals surface area contributed by atoms with Crippen LogP contribution in [0.1, 0.15) is 27.0 Å². The van der Waals surface area contributed by atoms with Crippen molar-refractivity contribution in [2.75, 3.05) is 27.9 Å². The number of hydrogen-bond acceptors (Lipinski definition) is 6. The summed E-state index contributed by atoms with van der Waals surface area (Å²) in [5, 5.41) is 2.70. The number of esters is 1. The molecule has 1 N–H and O–H groups in total. The first-order valence-electron chi connectivity index (χ1n) is 8.70. The molecule has 0 aliphatic rings. The molecule has 2 aromatic rings. The lowest BCUT2D eigenvalue weighted by Crippen LogP contribution is -2.28. The van der Waals surface area contributed by atoms with Gasteiger partial charge in [-0.1, -0.05) is 12.1 Å². The molecule has 1 amide bonds. The van der Waals surface area contributed by atoms with Crippen molar-refractivity contribution >= 4 is 11.9 Å². The molecule has 0 saturated carbocycles. The summed E-state index contributed by atoms with van der Waals surface area (Å²) in [6, 6.07) is 8.77. The fourth-order valence-electron chi connectivity index (χ4n) is 2.66. The molecule has 2 rings (SSSR count). The molecule has 0 aromatic heterocycles. The quantitative estimate of drug-likeness (QED) is 0.702. The maximum absolute atomic E-state index is 12.2. The van der Waals surface area contributed by atoms with E-state index in [-0.39, 0.29) is 13.2 Å². The minimum absolute atomic E-state index is 0.184. The van der Waals surface area contributed by atoms with Crippen LogP contribution in [0.3, 0.4) is 0 Å². The van der Waals surface area contributed by atoms with Gasteiger partial charge in [0.15, 0.2) is 18.1 Å². The fraction of sp³-hybridized carbons (Fsp3) is 0.333. The summed E-state index contributed by atoms with van der Waals surface area (Å²) in [7, 11) is 4.58. The van der Waals surface area contributed by atoms with Gasteiger partial charge in [-0.25, -0.2) is 4.79 Å². The number of carbonyl (C=O) groups excluding carboxylic acids is 2. The Morgan fingerprint density at radius 1 is 0.929 bits per heavy atom. The molecule has 28 heavy (non-hydrogen) atoms. The molecule has 0 fully saturated rings. The van der Waals surface area contributed by atoms with E-state index in [1.807, 2.05) is 19.9 Å². The molecule has 0 atom stereocenters. The first-order chi connectivity index (χ1) is 13.4. The number of rotatable bonds is 8. The Morgan fingerprint density at radius 3 is 2.21 bits per heavy atom. The van der Waals surface area contributed by atoms with Gasteiger partial charge in [0, 0.05) is 18.2 Å². The lowest BCUT2D eigenvalue weighted by molar-refractivity contribution is -0.124. The van der Waals surface area contributed by atoms with Crippen LogP contribution in [-0.2, 0) is 16.1 Å². The zero-order valence-corrected chi connectivity index (χ0v) is 16.8. The number of methoxy groups -OCH3 is 3. The lowest BCUT2D eigenvalue weighted by Gasteiger charge is -2.14. The maximum atomic E-state index is 12.2. The zero-order chi connectivity index (χ0) is 20.7. The Balaban J connectivity index is 1.97. The summed E-state index contributed by atoms with van der Waals surface area (Å²) in [5.74, 6) is 0.645. The molecule has 0 bridgehead atoms. The highest BCUT2D eigenvalue weighted by Crippen LogP contribution is 2.34. The number of amides is 1. The average Bonchev–Trinajstić information content (AvgIpc) is 2.71. The predicted octanol–water partition coefficient (Wildman–Crippen LogP) is 2.80. The molecular formula is C21H25NO6. The summed E-state index contributed by atoms with van der Waals surface area (Å²) in [6.45, 7) is 3.57. The summed E-state index contributed by atoms with van der Waals surface area (Å²) in [4.78, 5) is 24.3. The number of benzene rings is 2. The normalized spacial score (nSPS) is 10.2. The van der Waals surface area contributed by atoms with Crippen LogP contribution in [-0.4, -0.2) is 39.8 Å². The maximum Gasteiger partial charge on any atom is 0.338 e. The van der Waals surface area contributed by atoms with Gasteiger partial charge in [0.25, 0.3) is 5.91 Å². The summed E-state index contributed by atoms with van der Waals surface area (Å²) in [5.41, 5.74) is 2.98. The Labute approximate surface area is 164 Å². The number of ether oxygens (including phenoxy) is 4. The van der Waals surface area contributed by atoms with Crippen molar-refractivity contribution in [1.82, 2.24) is 5.32 Å². The Bertz CT molecular complexity index is 862. The van der Waals surface area contributed by atoms with Crippen LogP contribution in [0.5, 0.6) is 17.2 Å². The highest BCUT2D eigenvalue weighted by Gasteiger charge is 2.15. The van der Waals surface area contributed by atoms with Crippen LogP contribution >= 0.6 is 0 Å². The molecule has 0 spiro atoms. The lowest BCUT2D eigenvalue weighted by atomic mass is 10.0. The third kappa shape index (κ3) is 4.94. The molecule has 0 saturated heterocycles. The SMILES string of the molecule is COc1cc(OC)c(OC)cc1CNC(=O)COC(=O)c1cccc(C)c1C. The van der Waals surface area contributed by atoms with Crippen LogP contribution in [0.4, 0.5) is 0 Å². The van der Waals surface area contributed by atoms with Gasteiger partial charge in [0.1, 0.15) is 5.75 Å². The van der Waals surface area contributed by atoms with Crippen LogP contribution in [0.25, 0.3) is 0 Å². The van der Waals surface area contributed by atoms with Gasteiger partial charge in [0.05, 0.1) is 26.9 Å². The van der Waals surface area contributed by atoms with Gasteiger partial charge < -0.3 is 24.3 Å². The third-order valence-corrected chi connectivity index (χ3v) is 4.42. The van der Waals surface area contributed by atoms with Crippen molar-refractivity contribution in [1.29, 1.82) is 0 Å². The third-order valence-electron chi connectivity index (χ3n) is 4.42. The van der Waals surface area contributed by atoms with Gasteiger partial charge in [-0.05, 0) is 37.1 Å². The summed E-state index contributed by atoms with van der Waals surface area (Å²) >= 11 is 0. The largest absolute Gasteiger partial charge is 0.496 e. The molecule has 0 radical (unpaired) electrons. The molecule has 7 heteroatoms. The molecule has 0 aliphatic heterocycles. The minimum Gasteiger partial charge on any atom is -0.496 e. The van der Waals surface area contributed by atoms with E-state index in [0.717, 1.165) is 11.1 Å². The van der Waals surface area contributed by atoms with Crippen molar-refractivity contribution in [2.24, 2.45) is 0 Å². The van der Waals surface area contributed by atoms with Gasteiger partial charge >= 0.3 is 5.97 Å². The fourth-order valence-corrected chi connectivity index (χ4v) is 2.66. The molecule has 0 heterocycles. The van der Waals surface area contributed by atoms with Crippen molar-refractivity contribution in [3.05, 3.63) is 52.6 Å². The van der Waals surface area contributed by atoms with Crippen molar-refractivity contribution in [2.45, 2.75) is 20.4 Å². The first-order valence-corrected chi connectivity index (χ1v) is 8.70. The molecule has 0 unspecified atom stereocenters. The number of aryl methyl sites for hydroxylation is 1.